The lowest BCUT2D eigenvalue weighted by Gasteiger charge is -2.08. The van der Waals surface area contributed by atoms with E-state index in [0.29, 0.717) is 18.3 Å². The smallest absolute Gasteiger partial charge is 0.175 e. The predicted molar refractivity (Wildman–Crippen MR) is 58.7 cm³/mol. The van der Waals surface area contributed by atoms with Crippen molar-refractivity contribution >= 4 is 9.84 Å². The second kappa shape index (κ2) is 4.66. The van der Waals surface area contributed by atoms with Crippen molar-refractivity contribution in [3.05, 3.63) is 24.3 Å². The molecule has 0 spiro atoms. The first-order chi connectivity index (χ1) is 6.89. The highest BCUT2D eigenvalue weighted by molar-refractivity contribution is 7.90. The van der Waals surface area contributed by atoms with E-state index in [-0.39, 0.29) is 4.90 Å². The lowest BCUT2D eigenvalue weighted by molar-refractivity contribution is 0.270. The Balaban J connectivity index is 2.73. The molecule has 0 N–H and O–H groups in total. The number of ether oxygens (including phenoxy) is 1. The first-order valence-electron chi connectivity index (χ1n) is 4.74. The van der Waals surface area contributed by atoms with Crippen molar-refractivity contribution in [3.63, 3.8) is 0 Å². The SMILES string of the molecule is CC(C)COc1[c]cc(S(C)(=O)=O)cc1. The van der Waals surface area contributed by atoms with Gasteiger partial charge < -0.3 is 4.74 Å². The van der Waals surface area contributed by atoms with Gasteiger partial charge in [-0.25, -0.2) is 8.42 Å². The largest absolute Gasteiger partial charge is 0.493 e. The Labute approximate surface area is 91.0 Å². The van der Waals surface area contributed by atoms with Crippen LogP contribution in [-0.4, -0.2) is 21.3 Å². The van der Waals surface area contributed by atoms with Gasteiger partial charge in [0.15, 0.2) is 9.84 Å². The van der Waals surface area contributed by atoms with Crippen molar-refractivity contribution in [1.29, 1.82) is 0 Å². The third kappa shape index (κ3) is 3.91. The summed E-state index contributed by atoms with van der Waals surface area (Å²) >= 11 is 0. The van der Waals surface area contributed by atoms with Crippen LogP contribution < -0.4 is 4.74 Å². The zero-order valence-corrected chi connectivity index (χ0v) is 9.97. The third-order valence-corrected chi connectivity index (χ3v) is 2.87. The Morgan fingerprint density at radius 1 is 1.40 bits per heavy atom. The molecule has 4 heteroatoms. The standard InChI is InChI=1S/C11H15O3S/c1-9(2)8-14-10-4-6-11(7-5-10)15(3,12)13/h4,6-7,9H,8H2,1-3H3. The fourth-order valence-corrected chi connectivity index (χ4v) is 1.56. The summed E-state index contributed by atoms with van der Waals surface area (Å²) in [5.41, 5.74) is 0. The summed E-state index contributed by atoms with van der Waals surface area (Å²) in [6.45, 7) is 4.70. The molecule has 0 saturated heterocycles. The number of hydrogen-bond donors (Lipinski definition) is 0. The average Bonchev–Trinajstić information content (AvgIpc) is 2.14. The molecule has 0 aliphatic carbocycles. The molecule has 0 saturated carbocycles. The molecule has 15 heavy (non-hydrogen) atoms. The first-order valence-corrected chi connectivity index (χ1v) is 6.63. The van der Waals surface area contributed by atoms with Crippen LogP contribution in [0, 0.1) is 12.0 Å². The van der Waals surface area contributed by atoms with E-state index in [0.717, 1.165) is 0 Å². The Bertz CT molecular complexity index is 404. The van der Waals surface area contributed by atoms with Gasteiger partial charge in [-0.3, -0.25) is 0 Å². The average molecular weight is 227 g/mol. The molecule has 0 aliphatic heterocycles. The molecule has 1 rings (SSSR count). The highest BCUT2D eigenvalue weighted by Gasteiger charge is 2.06. The summed E-state index contributed by atoms with van der Waals surface area (Å²) in [5.74, 6) is 1.02. The summed E-state index contributed by atoms with van der Waals surface area (Å²) in [5, 5.41) is 0. The molecule has 3 nitrogen and oxygen atoms in total. The molecule has 1 aromatic carbocycles. The maximum absolute atomic E-state index is 11.1. The molecule has 0 heterocycles. The molecule has 0 amide bonds. The van der Waals surface area contributed by atoms with Crippen LogP contribution in [0.2, 0.25) is 0 Å². The van der Waals surface area contributed by atoms with Gasteiger partial charge in [-0.2, -0.15) is 0 Å². The van der Waals surface area contributed by atoms with Crippen molar-refractivity contribution in [2.24, 2.45) is 5.92 Å². The van der Waals surface area contributed by atoms with Gasteiger partial charge >= 0.3 is 0 Å². The summed E-state index contributed by atoms with van der Waals surface area (Å²) < 4.78 is 27.7. The van der Waals surface area contributed by atoms with Crippen LogP contribution in [0.3, 0.4) is 0 Å². The maximum atomic E-state index is 11.1. The van der Waals surface area contributed by atoms with Crippen molar-refractivity contribution in [2.75, 3.05) is 12.9 Å². The predicted octanol–water partition coefficient (Wildman–Crippen LogP) is 1.93. The van der Waals surface area contributed by atoms with Crippen molar-refractivity contribution in [3.8, 4) is 5.75 Å². The highest BCUT2D eigenvalue weighted by atomic mass is 32.2. The Kier molecular flexibility index (Phi) is 3.74. The molecule has 0 aromatic heterocycles. The first kappa shape index (κ1) is 12.0. The van der Waals surface area contributed by atoms with Crippen LogP contribution in [0.4, 0.5) is 0 Å². The maximum Gasteiger partial charge on any atom is 0.175 e. The molecular formula is C11H15O3S. The van der Waals surface area contributed by atoms with E-state index >= 15 is 0 Å². The fourth-order valence-electron chi connectivity index (χ4n) is 0.973. The lowest BCUT2D eigenvalue weighted by Crippen LogP contribution is -2.04. The van der Waals surface area contributed by atoms with E-state index in [4.69, 9.17) is 4.74 Å². The fraction of sp³-hybridized carbons (Fsp3) is 0.455. The van der Waals surface area contributed by atoms with E-state index in [2.05, 4.69) is 6.07 Å². The van der Waals surface area contributed by atoms with Crippen LogP contribution in [0.1, 0.15) is 13.8 Å². The van der Waals surface area contributed by atoms with Crippen molar-refractivity contribution in [2.45, 2.75) is 18.7 Å². The van der Waals surface area contributed by atoms with Crippen LogP contribution in [0.5, 0.6) is 5.75 Å². The van der Waals surface area contributed by atoms with E-state index in [1.165, 1.54) is 18.4 Å². The van der Waals surface area contributed by atoms with E-state index < -0.39 is 9.84 Å². The van der Waals surface area contributed by atoms with Gasteiger partial charge in [-0.15, -0.1) is 0 Å². The molecular weight excluding hydrogens is 212 g/mol. The van der Waals surface area contributed by atoms with Gasteiger partial charge in [0.25, 0.3) is 0 Å². The Hall–Kier alpha value is -1.03. The molecule has 0 atom stereocenters. The quantitative estimate of drug-likeness (QED) is 0.789. The second-order valence-corrected chi connectivity index (χ2v) is 5.88. The molecule has 83 valence electrons. The molecule has 0 fully saturated rings. The van der Waals surface area contributed by atoms with Gasteiger partial charge in [0, 0.05) is 12.3 Å². The van der Waals surface area contributed by atoms with Gasteiger partial charge in [-0.05, 0) is 24.1 Å². The monoisotopic (exact) mass is 227 g/mol. The minimum atomic E-state index is -3.14. The zero-order valence-electron chi connectivity index (χ0n) is 9.15. The Morgan fingerprint density at radius 2 is 2.07 bits per heavy atom. The van der Waals surface area contributed by atoms with Crippen molar-refractivity contribution < 1.29 is 13.2 Å². The molecule has 1 aromatic rings. The Morgan fingerprint density at radius 3 is 2.47 bits per heavy atom. The minimum Gasteiger partial charge on any atom is -0.493 e. The van der Waals surface area contributed by atoms with Crippen LogP contribution in [-0.2, 0) is 9.84 Å². The summed E-state index contributed by atoms with van der Waals surface area (Å²) in [7, 11) is -3.14. The van der Waals surface area contributed by atoms with E-state index in [9.17, 15) is 8.42 Å². The zero-order chi connectivity index (χ0) is 11.5. The third-order valence-electron chi connectivity index (χ3n) is 1.76. The van der Waals surface area contributed by atoms with Crippen LogP contribution >= 0.6 is 0 Å². The summed E-state index contributed by atoms with van der Waals surface area (Å²) in [6.07, 6.45) is 1.17. The number of sulfone groups is 1. The lowest BCUT2D eigenvalue weighted by atomic mass is 10.2. The topological polar surface area (TPSA) is 43.4 Å². The second-order valence-electron chi connectivity index (χ2n) is 3.87. The minimum absolute atomic E-state index is 0.263. The number of rotatable bonds is 4. The summed E-state index contributed by atoms with van der Waals surface area (Å²) in [4.78, 5) is 0.263. The highest BCUT2D eigenvalue weighted by Crippen LogP contribution is 2.15. The molecule has 0 bridgehead atoms. The van der Waals surface area contributed by atoms with E-state index in [1.807, 2.05) is 13.8 Å². The van der Waals surface area contributed by atoms with Crippen molar-refractivity contribution in [1.82, 2.24) is 0 Å². The number of hydrogen-bond acceptors (Lipinski definition) is 3. The van der Waals surface area contributed by atoms with Crippen LogP contribution in [0.25, 0.3) is 0 Å². The normalized spacial score (nSPS) is 11.7. The van der Waals surface area contributed by atoms with Gasteiger partial charge in [0.1, 0.15) is 5.75 Å². The van der Waals surface area contributed by atoms with Gasteiger partial charge in [0.2, 0.25) is 0 Å². The van der Waals surface area contributed by atoms with Gasteiger partial charge in [0.05, 0.1) is 11.5 Å². The number of benzene rings is 1. The van der Waals surface area contributed by atoms with Gasteiger partial charge in [-0.1, -0.05) is 13.8 Å². The molecule has 1 radical (unpaired) electrons. The molecule has 0 unspecified atom stereocenters. The van der Waals surface area contributed by atoms with Crippen LogP contribution in [0.15, 0.2) is 23.1 Å². The van der Waals surface area contributed by atoms with E-state index in [1.54, 1.807) is 6.07 Å². The molecule has 0 aliphatic rings. The summed E-state index contributed by atoms with van der Waals surface area (Å²) in [6, 6.07) is 7.39.